The Morgan fingerprint density at radius 1 is 1.18 bits per heavy atom. The molecule has 17 heavy (non-hydrogen) atoms. The van der Waals surface area contributed by atoms with Crippen LogP contribution in [0.25, 0.3) is 0 Å². The number of rotatable bonds is 1. The first-order valence-electron chi connectivity index (χ1n) is 7.14. The fourth-order valence-electron chi connectivity index (χ4n) is 4.21. The standard InChI is InChI=1S/C15H28O2/c1-10-12-9-11(14(2,3)17)5-7-15(12,4)8-6-13(10)16/h10-13,16-17H,5-9H2,1-4H3/t10-,11+,12-,13+,15-/m0/s1. The van der Waals surface area contributed by atoms with E-state index in [1.54, 1.807) is 0 Å². The first-order valence-corrected chi connectivity index (χ1v) is 7.14. The molecule has 0 heterocycles. The van der Waals surface area contributed by atoms with E-state index < -0.39 is 5.60 Å². The molecule has 0 aliphatic heterocycles. The van der Waals surface area contributed by atoms with Crippen LogP contribution in [0.3, 0.4) is 0 Å². The topological polar surface area (TPSA) is 40.5 Å². The highest BCUT2D eigenvalue weighted by atomic mass is 16.3. The lowest BCUT2D eigenvalue weighted by Gasteiger charge is -2.53. The van der Waals surface area contributed by atoms with Gasteiger partial charge in [0.1, 0.15) is 0 Å². The number of hydrogen-bond acceptors (Lipinski definition) is 2. The molecule has 2 rings (SSSR count). The molecular formula is C15H28O2. The molecule has 100 valence electrons. The fourth-order valence-corrected chi connectivity index (χ4v) is 4.21. The summed E-state index contributed by atoms with van der Waals surface area (Å²) in [7, 11) is 0. The van der Waals surface area contributed by atoms with Gasteiger partial charge in [-0.1, -0.05) is 13.8 Å². The Bertz CT molecular complexity index is 281. The zero-order valence-corrected chi connectivity index (χ0v) is 11.7. The van der Waals surface area contributed by atoms with E-state index in [1.165, 1.54) is 6.42 Å². The third-order valence-corrected chi connectivity index (χ3v) is 5.75. The average molecular weight is 240 g/mol. The molecule has 0 unspecified atom stereocenters. The maximum atomic E-state index is 10.2. The van der Waals surface area contributed by atoms with Gasteiger partial charge in [0.2, 0.25) is 0 Å². The zero-order chi connectivity index (χ0) is 12.8. The molecule has 2 aliphatic carbocycles. The lowest BCUT2D eigenvalue weighted by molar-refractivity contribution is -0.101. The summed E-state index contributed by atoms with van der Waals surface area (Å²) in [6.07, 6.45) is 5.41. The lowest BCUT2D eigenvalue weighted by Crippen LogP contribution is -2.49. The van der Waals surface area contributed by atoms with E-state index in [0.29, 0.717) is 23.2 Å². The molecule has 2 saturated carbocycles. The molecule has 5 atom stereocenters. The predicted octanol–water partition coefficient (Wildman–Crippen LogP) is 2.97. The van der Waals surface area contributed by atoms with Gasteiger partial charge in [0.05, 0.1) is 11.7 Å². The van der Waals surface area contributed by atoms with Crippen LogP contribution >= 0.6 is 0 Å². The summed E-state index contributed by atoms with van der Waals surface area (Å²) in [5, 5.41) is 20.3. The van der Waals surface area contributed by atoms with Crippen molar-refractivity contribution in [3.05, 3.63) is 0 Å². The van der Waals surface area contributed by atoms with Crippen molar-refractivity contribution in [2.45, 2.75) is 71.5 Å². The van der Waals surface area contributed by atoms with Crippen LogP contribution in [0.1, 0.15) is 59.8 Å². The van der Waals surface area contributed by atoms with Crippen LogP contribution in [-0.2, 0) is 0 Å². The van der Waals surface area contributed by atoms with Crippen LogP contribution in [0.2, 0.25) is 0 Å². The van der Waals surface area contributed by atoms with Gasteiger partial charge in [0.25, 0.3) is 0 Å². The van der Waals surface area contributed by atoms with Crippen molar-refractivity contribution in [1.29, 1.82) is 0 Å². The van der Waals surface area contributed by atoms with Crippen molar-refractivity contribution in [2.75, 3.05) is 0 Å². The summed E-state index contributed by atoms with van der Waals surface area (Å²) in [4.78, 5) is 0. The van der Waals surface area contributed by atoms with Gasteiger partial charge in [0.15, 0.2) is 0 Å². The summed E-state index contributed by atoms with van der Waals surface area (Å²) in [6, 6.07) is 0. The van der Waals surface area contributed by atoms with Crippen LogP contribution in [0.5, 0.6) is 0 Å². The molecule has 2 nitrogen and oxygen atoms in total. The van der Waals surface area contributed by atoms with E-state index in [1.807, 2.05) is 13.8 Å². The normalized spacial score (nSPS) is 47.6. The molecule has 0 spiro atoms. The molecule has 0 bridgehead atoms. The van der Waals surface area contributed by atoms with Crippen molar-refractivity contribution in [1.82, 2.24) is 0 Å². The van der Waals surface area contributed by atoms with Crippen molar-refractivity contribution < 1.29 is 10.2 Å². The minimum atomic E-state index is -0.566. The van der Waals surface area contributed by atoms with Gasteiger partial charge < -0.3 is 10.2 Å². The highest BCUT2D eigenvalue weighted by Gasteiger charge is 2.49. The molecule has 2 fully saturated rings. The molecule has 2 aliphatic rings. The van der Waals surface area contributed by atoms with Crippen LogP contribution in [-0.4, -0.2) is 21.9 Å². The predicted molar refractivity (Wildman–Crippen MR) is 69.6 cm³/mol. The average Bonchev–Trinajstić information content (AvgIpc) is 2.22. The molecule has 2 heteroatoms. The Morgan fingerprint density at radius 3 is 2.35 bits per heavy atom. The summed E-state index contributed by atoms with van der Waals surface area (Å²) in [5.41, 5.74) is -0.163. The Hall–Kier alpha value is -0.0800. The summed E-state index contributed by atoms with van der Waals surface area (Å²) >= 11 is 0. The number of aliphatic hydroxyl groups excluding tert-OH is 1. The van der Waals surface area contributed by atoms with Crippen molar-refractivity contribution in [2.24, 2.45) is 23.2 Å². The van der Waals surface area contributed by atoms with Crippen LogP contribution in [0.15, 0.2) is 0 Å². The van der Waals surface area contributed by atoms with Crippen molar-refractivity contribution in [3.63, 3.8) is 0 Å². The van der Waals surface area contributed by atoms with Crippen LogP contribution in [0, 0.1) is 23.2 Å². The molecule has 0 aromatic rings. The minimum absolute atomic E-state index is 0.131. The third-order valence-electron chi connectivity index (χ3n) is 5.75. The number of aliphatic hydroxyl groups is 2. The van der Waals surface area contributed by atoms with E-state index in [4.69, 9.17) is 0 Å². The minimum Gasteiger partial charge on any atom is -0.393 e. The van der Waals surface area contributed by atoms with E-state index in [2.05, 4.69) is 13.8 Å². The molecule has 0 saturated heterocycles. The van der Waals surface area contributed by atoms with E-state index >= 15 is 0 Å². The lowest BCUT2D eigenvalue weighted by atomic mass is 9.53. The Morgan fingerprint density at radius 2 is 1.76 bits per heavy atom. The second-order valence-corrected chi connectivity index (χ2v) is 7.35. The van der Waals surface area contributed by atoms with Crippen molar-refractivity contribution in [3.8, 4) is 0 Å². The van der Waals surface area contributed by atoms with Gasteiger partial charge in [-0.05, 0) is 69.1 Å². The zero-order valence-electron chi connectivity index (χ0n) is 11.7. The van der Waals surface area contributed by atoms with Gasteiger partial charge in [-0.2, -0.15) is 0 Å². The number of fused-ring (bicyclic) bond motifs is 1. The molecule has 0 aromatic heterocycles. The largest absolute Gasteiger partial charge is 0.393 e. The van der Waals surface area contributed by atoms with Crippen molar-refractivity contribution >= 4 is 0 Å². The Balaban J connectivity index is 2.15. The summed E-state index contributed by atoms with van der Waals surface area (Å²) < 4.78 is 0. The van der Waals surface area contributed by atoms with E-state index in [-0.39, 0.29) is 6.10 Å². The monoisotopic (exact) mass is 240 g/mol. The van der Waals surface area contributed by atoms with Gasteiger partial charge >= 0.3 is 0 Å². The Labute approximate surface area is 105 Å². The second-order valence-electron chi connectivity index (χ2n) is 7.35. The number of hydrogen-bond donors (Lipinski definition) is 2. The fraction of sp³-hybridized carbons (Fsp3) is 1.00. The highest BCUT2D eigenvalue weighted by molar-refractivity contribution is 4.99. The van der Waals surface area contributed by atoms with E-state index in [9.17, 15) is 10.2 Å². The smallest absolute Gasteiger partial charge is 0.0619 e. The first kappa shape index (κ1) is 13.4. The van der Waals surface area contributed by atoms with Gasteiger partial charge in [-0.15, -0.1) is 0 Å². The molecule has 0 amide bonds. The molecular weight excluding hydrogens is 212 g/mol. The summed E-state index contributed by atoms with van der Waals surface area (Å²) in [5.74, 6) is 1.36. The first-order chi connectivity index (χ1) is 7.74. The van der Waals surface area contributed by atoms with Gasteiger partial charge in [-0.3, -0.25) is 0 Å². The SMILES string of the molecule is C[C@@H]1[C@H](O)CC[C@]2(C)CC[C@@H](C(C)(C)O)C[C@@H]12. The summed E-state index contributed by atoms with van der Waals surface area (Å²) in [6.45, 7) is 8.45. The maximum absolute atomic E-state index is 10.2. The third kappa shape index (κ3) is 2.39. The Kier molecular flexibility index (Phi) is 3.33. The maximum Gasteiger partial charge on any atom is 0.0619 e. The second kappa shape index (κ2) is 4.24. The van der Waals surface area contributed by atoms with Crippen LogP contribution < -0.4 is 0 Å². The van der Waals surface area contributed by atoms with Gasteiger partial charge in [-0.25, -0.2) is 0 Å². The van der Waals surface area contributed by atoms with Gasteiger partial charge in [0, 0.05) is 0 Å². The molecule has 0 radical (unpaired) electrons. The quantitative estimate of drug-likeness (QED) is 0.740. The van der Waals surface area contributed by atoms with E-state index in [0.717, 1.165) is 25.7 Å². The molecule has 0 aromatic carbocycles. The van der Waals surface area contributed by atoms with Crippen LogP contribution in [0.4, 0.5) is 0 Å². The highest BCUT2D eigenvalue weighted by Crippen LogP contribution is 2.55. The molecule has 2 N–H and O–H groups in total.